The number of para-hydroxylation sites is 1. The standard InChI is InChI=1S/C10H12ClNO2/c1-7(2)8-5-3-4-6-9(8)12-10(13)14-11/h3-7H,1-2H3,(H,12,13). The highest BCUT2D eigenvalue weighted by Gasteiger charge is 2.08. The van der Waals surface area contributed by atoms with Crippen LogP contribution in [0.3, 0.4) is 0 Å². The van der Waals surface area contributed by atoms with Crippen LogP contribution in [0.2, 0.25) is 0 Å². The van der Waals surface area contributed by atoms with Gasteiger partial charge in [0.05, 0.1) is 0 Å². The molecule has 0 heterocycles. The molecule has 0 fully saturated rings. The fourth-order valence-electron chi connectivity index (χ4n) is 1.24. The van der Waals surface area contributed by atoms with Gasteiger partial charge in [0.15, 0.2) is 0 Å². The molecule has 0 bridgehead atoms. The zero-order valence-electron chi connectivity index (χ0n) is 8.08. The number of rotatable bonds is 2. The van der Waals surface area contributed by atoms with Crippen molar-refractivity contribution in [3.8, 4) is 0 Å². The Balaban J connectivity index is 2.90. The van der Waals surface area contributed by atoms with Gasteiger partial charge in [-0.15, -0.1) is 0 Å². The molecule has 1 N–H and O–H groups in total. The van der Waals surface area contributed by atoms with Crippen molar-refractivity contribution in [1.82, 2.24) is 0 Å². The Bertz CT molecular complexity index is 326. The summed E-state index contributed by atoms with van der Waals surface area (Å²) < 4.78 is 4.01. The van der Waals surface area contributed by atoms with Crippen molar-refractivity contribution < 1.29 is 9.08 Å². The second-order valence-corrected chi connectivity index (χ2v) is 3.39. The van der Waals surface area contributed by atoms with Crippen LogP contribution < -0.4 is 5.32 Å². The minimum Gasteiger partial charge on any atom is -0.330 e. The Kier molecular flexibility index (Phi) is 3.77. The van der Waals surface area contributed by atoms with E-state index in [1.54, 1.807) is 0 Å². The van der Waals surface area contributed by atoms with Crippen LogP contribution in [0.4, 0.5) is 10.5 Å². The monoisotopic (exact) mass is 213 g/mol. The highest BCUT2D eigenvalue weighted by Crippen LogP contribution is 2.23. The van der Waals surface area contributed by atoms with Crippen LogP contribution in [0.15, 0.2) is 24.3 Å². The second-order valence-electron chi connectivity index (χ2n) is 3.23. The van der Waals surface area contributed by atoms with E-state index in [-0.39, 0.29) is 0 Å². The summed E-state index contributed by atoms with van der Waals surface area (Å²) in [6, 6.07) is 7.53. The summed E-state index contributed by atoms with van der Waals surface area (Å²) in [5.41, 5.74) is 1.78. The van der Waals surface area contributed by atoms with Gasteiger partial charge in [0.1, 0.15) is 11.9 Å². The van der Waals surface area contributed by atoms with E-state index in [2.05, 4.69) is 9.61 Å². The van der Waals surface area contributed by atoms with Crippen LogP contribution in [-0.2, 0) is 4.29 Å². The van der Waals surface area contributed by atoms with Crippen molar-refractivity contribution >= 4 is 23.6 Å². The van der Waals surface area contributed by atoms with E-state index in [0.29, 0.717) is 5.92 Å². The molecule has 0 saturated carbocycles. The van der Waals surface area contributed by atoms with Crippen LogP contribution in [0, 0.1) is 0 Å². The molecular weight excluding hydrogens is 202 g/mol. The molecule has 1 rings (SSSR count). The normalized spacial score (nSPS) is 10.0. The molecule has 0 unspecified atom stereocenters. The van der Waals surface area contributed by atoms with Crippen LogP contribution in [0.25, 0.3) is 0 Å². The Morgan fingerprint density at radius 1 is 1.43 bits per heavy atom. The number of nitrogens with one attached hydrogen (secondary N) is 1. The number of benzene rings is 1. The zero-order chi connectivity index (χ0) is 10.6. The van der Waals surface area contributed by atoms with Gasteiger partial charge in [0.25, 0.3) is 0 Å². The first kappa shape index (κ1) is 10.9. The zero-order valence-corrected chi connectivity index (χ0v) is 8.84. The van der Waals surface area contributed by atoms with Gasteiger partial charge < -0.3 is 4.29 Å². The first-order valence-electron chi connectivity index (χ1n) is 4.33. The quantitative estimate of drug-likeness (QED) is 0.817. The van der Waals surface area contributed by atoms with Gasteiger partial charge in [0.2, 0.25) is 0 Å². The number of hydrogen-bond donors (Lipinski definition) is 1. The molecule has 1 aromatic carbocycles. The molecule has 0 radical (unpaired) electrons. The fraction of sp³-hybridized carbons (Fsp3) is 0.300. The molecule has 14 heavy (non-hydrogen) atoms. The molecule has 3 nitrogen and oxygen atoms in total. The van der Waals surface area contributed by atoms with Crippen molar-refractivity contribution in [2.45, 2.75) is 19.8 Å². The number of anilines is 1. The van der Waals surface area contributed by atoms with Gasteiger partial charge in [0, 0.05) is 5.69 Å². The maximum Gasteiger partial charge on any atom is 0.429 e. The Morgan fingerprint density at radius 2 is 2.07 bits per heavy atom. The Hall–Kier alpha value is -1.22. The average Bonchev–Trinajstić information content (AvgIpc) is 2.18. The lowest BCUT2D eigenvalue weighted by Crippen LogP contribution is -2.10. The van der Waals surface area contributed by atoms with Gasteiger partial charge in [-0.1, -0.05) is 32.0 Å². The third kappa shape index (κ3) is 2.64. The molecule has 1 aromatic rings. The molecule has 0 saturated heterocycles. The summed E-state index contributed by atoms with van der Waals surface area (Å²) in [7, 11) is 0. The maximum atomic E-state index is 10.9. The smallest absolute Gasteiger partial charge is 0.330 e. The number of amides is 1. The summed E-state index contributed by atoms with van der Waals surface area (Å²) in [5, 5.41) is 2.55. The molecule has 4 heteroatoms. The van der Waals surface area contributed by atoms with E-state index < -0.39 is 6.09 Å². The number of carbonyl (C=O) groups is 1. The van der Waals surface area contributed by atoms with Crippen LogP contribution in [-0.4, -0.2) is 6.09 Å². The van der Waals surface area contributed by atoms with E-state index in [9.17, 15) is 4.79 Å². The van der Waals surface area contributed by atoms with Crippen molar-refractivity contribution in [3.05, 3.63) is 29.8 Å². The van der Waals surface area contributed by atoms with Gasteiger partial charge in [-0.05, 0) is 17.5 Å². The van der Waals surface area contributed by atoms with Crippen LogP contribution in [0.5, 0.6) is 0 Å². The predicted octanol–water partition coefficient (Wildman–Crippen LogP) is 3.51. The number of halogens is 1. The molecule has 76 valence electrons. The Labute approximate surface area is 88.2 Å². The fourth-order valence-corrected chi connectivity index (χ4v) is 1.28. The number of carbonyl (C=O) groups excluding carboxylic acids is 1. The van der Waals surface area contributed by atoms with Crippen molar-refractivity contribution in [2.75, 3.05) is 5.32 Å². The molecule has 0 aromatic heterocycles. The molecule has 1 amide bonds. The van der Waals surface area contributed by atoms with Crippen molar-refractivity contribution in [1.29, 1.82) is 0 Å². The lowest BCUT2D eigenvalue weighted by molar-refractivity contribution is 0.219. The van der Waals surface area contributed by atoms with E-state index >= 15 is 0 Å². The molecule has 0 aliphatic rings. The van der Waals surface area contributed by atoms with Gasteiger partial charge in [-0.3, -0.25) is 5.32 Å². The number of hydrogen-bond acceptors (Lipinski definition) is 2. The topological polar surface area (TPSA) is 38.3 Å². The minimum absolute atomic E-state index is 0.335. The minimum atomic E-state index is -0.667. The van der Waals surface area contributed by atoms with E-state index in [1.165, 1.54) is 0 Å². The third-order valence-electron chi connectivity index (χ3n) is 1.89. The van der Waals surface area contributed by atoms with Gasteiger partial charge >= 0.3 is 6.09 Å². The first-order chi connectivity index (χ1) is 6.65. The Morgan fingerprint density at radius 3 is 2.64 bits per heavy atom. The van der Waals surface area contributed by atoms with Gasteiger partial charge in [-0.25, -0.2) is 4.79 Å². The maximum absolute atomic E-state index is 10.9. The van der Waals surface area contributed by atoms with Crippen LogP contribution in [0.1, 0.15) is 25.3 Å². The highest BCUT2D eigenvalue weighted by molar-refractivity contribution is 6.14. The summed E-state index contributed by atoms with van der Waals surface area (Å²) >= 11 is 4.92. The molecule has 0 aliphatic carbocycles. The van der Waals surface area contributed by atoms with Crippen LogP contribution >= 0.6 is 11.9 Å². The SMILES string of the molecule is CC(C)c1ccccc1NC(=O)OCl. The highest BCUT2D eigenvalue weighted by atomic mass is 35.5. The average molecular weight is 214 g/mol. The summed E-state index contributed by atoms with van der Waals surface area (Å²) in [6.45, 7) is 4.10. The largest absolute Gasteiger partial charge is 0.429 e. The van der Waals surface area contributed by atoms with Crippen molar-refractivity contribution in [2.24, 2.45) is 0 Å². The third-order valence-corrected chi connectivity index (χ3v) is 2.03. The molecule has 0 spiro atoms. The molecular formula is C10H12ClNO2. The van der Waals surface area contributed by atoms with Crippen molar-refractivity contribution in [3.63, 3.8) is 0 Å². The second kappa shape index (κ2) is 4.86. The summed E-state index contributed by atoms with van der Waals surface area (Å²) in [6.07, 6.45) is -0.667. The summed E-state index contributed by atoms with van der Waals surface area (Å²) in [4.78, 5) is 10.9. The predicted molar refractivity (Wildman–Crippen MR) is 56.5 cm³/mol. The van der Waals surface area contributed by atoms with Gasteiger partial charge in [-0.2, -0.15) is 0 Å². The lowest BCUT2D eigenvalue weighted by Gasteiger charge is -2.11. The lowest BCUT2D eigenvalue weighted by atomic mass is 10.0. The molecule has 0 atom stereocenters. The summed E-state index contributed by atoms with van der Waals surface area (Å²) in [5.74, 6) is 0.335. The first-order valence-corrected chi connectivity index (χ1v) is 4.64. The molecule has 0 aliphatic heterocycles. The van der Waals surface area contributed by atoms with E-state index in [4.69, 9.17) is 11.9 Å². The van der Waals surface area contributed by atoms with E-state index in [0.717, 1.165) is 11.3 Å². The van der Waals surface area contributed by atoms with E-state index in [1.807, 2.05) is 38.1 Å².